The summed E-state index contributed by atoms with van der Waals surface area (Å²) < 4.78 is 30.7. The van der Waals surface area contributed by atoms with Crippen LogP contribution in [0.2, 0.25) is 10.0 Å². The van der Waals surface area contributed by atoms with Crippen LogP contribution in [0.1, 0.15) is 24.0 Å². The quantitative estimate of drug-likeness (QED) is 0.0609. The number of hydrogen-bond acceptors (Lipinski definition) is 10. The Kier molecular flexibility index (Phi) is 13.4. The molecule has 314 valence electrons. The molecule has 0 bridgehead atoms. The molecule has 8 aromatic rings. The van der Waals surface area contributed by atoms with Gasteiger partial charge in [0.2, 0.25) is 0 Å². The van der Waals surface area contributed by atoms with Crippen molar-refractivity contribution in [3.63, 3.8) is 0 Å². The van der Waals surface area contributed by atoms with Crippen LogP contribution in [0.3, 0.4) is 0 Å². The molecule has 0 spiro atoms. The Labute approximate surface area is 366 Å². The lowest BCUT2D eigenvalue weighted by molar-refractivity contribution is -0.157. The summed E-state index contributed by atoms with van der Waals surface area (Å²) in [6.07, 6.45) is 15.2. The van der Waals surface area contributed by atoms with Gasteiger partial charge in [-0.2, -0.15) is 10.2 Å². The maximum Gasteiger partial charge on any atom is 0.425 e. The molecule has 62 heavy (non-hydrogen) atoms. The normalized spacial score (nSPS) is 12.1. The summed E-state index contributed by atoms with van der Waals surface area (Å²) in [7, 11) is 0. The Morgan fingerprint density at radius 1 is 0.516 bits per heavy atom. The van der Waals surface area contributed by atoms with Gasteiger partial charge in [0, 0.05) is 59.6 Å². The molecule has 0 aliphatic heterocycles. The van der Waals surface area contributed by atoms with E-state index in [1.54, 1.807) is 43.3 Å². The van der Waals surface area contributed by atoms with E-state index < -0.39 is 24.1 Å². The summed E-state index contributed by atoms with van der Waals surface area (Å²) in [4.78, 5) is 34.9. The summed E-state index contributed by atoms with van der Waals surface area (Å²) in [6, 6.07) is 33.9. The fourth-order valence-electron chi connectivity index (χ4n) is 6.68. The van der Waals surface area contributed by atoms with Crippen molar-refractivity contribution in [1.82, 2.24) is 38.7 Å². The first-order valence-corrected chi connectivity index (χ1v) is 20.6. The second kappa shape index (κ2) is 19.9. The number of carbonyl (C=O) groups excluding carboxylic acids is 2. The Bertz CT molecular complexity index is 2460. The van der Waals surface area contributed by atoms with Gasteiger partial charge in [0.1, 0.15) is 23.7 Å². The van der Waals surface area contributed by atoms with Crippen LogP contribution in [0.4, 0.5) is 0 Å². The van der Waals surface area contributed by atoms with E-state index in [9.17, 15) is 9.59 Å². The first-order chi connectivity index (χ1) is 30.3. The fourth-order valence-corrected chi connectivity index (χ4v) is 6.93. The third-order valence-corrected chi connectivity index (χ3v) is 10.3. The number of benzene rings is 4. The van der Waals surface area contributed by atoms with Crippen molar-refractivity contribution in [2.24, 2.45) is 0 Å². The van der Waals surface area contributed by atoms with Gasteiger partial charge < -0.3 is 18.9 Å². The van der Waals surface area contributed by atoms with Crippen LogP contribution in [0, 0.1) is 0 Å². The number of carbonyl (C=O) groups is 2. The maximum atomic E-state index is 13.2. The van der Waals surface area contributed by atoms with E-state index in [1.165, 1.54) is 12.4 Å². The van der Waals surface area contributed by atoms with E-state index in [0.29, 0.717) is 47.2 Å². The molecular formula is C46H40Cl2N8O6. The molecule has 0 aliphatic rings. The van der Waals surface area contributed by atoms with Gasteiger partial charge >= 0.3 is 24.0 Å². The average molecular weight is 872 g/mol. The van der Waals surface area contributed by atoms with Crippen LogP contribution in [-0.2, 0) is 35.5 Å². The summed E-state index contributed by atoms with van der Waals surface area (Å²) >= 11 is 12.2. The van der Waals surface area contributed by atoms with Gasteiger partial charge in [-0.25, -0.2) is 28.9 Å². The van der Waals surface area contributed by atoms with Crippen molar-refractivity contribution in [2.75, 3.05) is 0 Å². The highest BCUT2D eigenvalue weighted by Gasteiger charge is 2.26. The maximum absolute atomic E-state index is 13.2. The van der Waals surface area contributed by atoms with Gasteiger partial charge in [-0.15, -0.1) is 0 Å². The van der Waals surface area contributed by atoms with Crippen molar-refractivity contribution in [1.29, 1.82) is 0 Å². The number of hydrogen-bond donors (Lipinski definition) is 0. The van der Waals surface area contributed by atoms with Crippen molar-refractivity contribution >= 4 is 35.1 Å². The summed E-state index contributed by atoms with van der Waals surface area (Å²) in [6.45, 7) is 0.500. The van der Waals surface area contributed by atoms with Crippen LogP contribution in [0.15, 0.2) is 159 Å². The molecular weight excluding hydrogens is 831 g/mol. The van der Waals surface area contributed by atoms with Crippen LogP contribution >= 0.6 is 23.2 Å². The number of rotatable bonds is 18. The monoisotopic (exact) mass is 870 g/mol. The predicted molar refractivity (Wildman–Crippen MR) is 231 cm³/mol. The van der Waals surface area contributed by atoms with Gasteiger partial charge in [-0.05, 0) is 122 Å². The third kappa shape index (κ3) is 11.2. The van der Waals surface area contributed by atoms with Gasteiger partial charge in [-0.1, -0.05) is 47.5 Å². The number of nitrogens with zero attached hydrogens (tertiary/aromatic N) is 8. The van der Waals surface area contributed by atoms with Crippen molar-refractivity contribution < 1.29 is 28.5 Å². The molecule has 4 aromatic carbocycles. The molecule has 14 nitrogen and oxygen atoms in total. The molecule has 0 fully saturated rings. The Balaban J connectivity index is 0.919. The van der Waals surface area contributed by atoms with Gasteiger partial charge in [0.25, 0.3) is 0 Å². The second-order valence-corrected chi connectivity index (χ2v) is 15.1. The number of aromatic nitrogens is 8. The van der Waals surface area contributed by atoms with E-state index in [2.05, 4.69) is 20.2 Å². The molecule has 0 amide bonds. The molecule has 16 heteroatoms. The molecule has 0 saturated carbocycles. The van der Waals surface area contributed by atoms with E-state index in [4.69, 9.17) is 42.1 Å². The molecule has 0 saturated heterocycles. The topological polar surface area (TPSA) is 142 Å². The Morgan fingerprint density at radius 2 is 0.919 bits per heavy atom. The SMILES string of the molecule is O=C(Oc1nccn1CC(CCc1ccc(Cl)cc1)Oc1ccc(-n2cccn2)cc1)C(=O)Oc1nccn1CC(CCc1ccc(Cl)cc1)Oc1ccc(-n2cccn2)cc1. The summed E-state index contributed by atoms with van der Waals surface area (Å²) in [5.74, 6) is -1.26. The van der Waals surface area contributed by atoms with Gasteiger partial charge in [0.05, 0.1) is 24.5 Å². The highest BCUT2D eigenvalue weighted by Crippen LogP contribution is 2.24. The zero-order valence-electron chi connectivity index (χ0n) is 33.2. The first kappa shape index (κ1) is 41.6. The van der Waals surface area contributed by atoms with E-state index in [-0.39, 0.29) is 25.1 Å². The Hall–Kier alpha value is -7.16. The molecule has 8 rings (SSSR count). The molecule has 4 aromatic heterocycles. The van der Waals surface area contributed by atoms with Crippen LogP contribution in [-0.4, -0.2) is 62.8 Å². The van der Waals surface area contributed by atoms with Crippen molar-refractivity contribution in [3.8, 4) is 34.9 Å². The highest BCUT2D eigenvalue weighted by molar-refractivity contribution is 6.31. The smallest absolute Gasteiger partial charge is 0.425 e. The predicted octanol–water partition coefficient (Wildman–Crippen LogP) is 8.43. The lowest BCUT2D eigenvalue weighted by atomic mass is 10.1. The standard InChI is InChI=1S/C46H40Cl2N8O6/c47-35-9-3-33(4-10-35)7-17-41(59-39-19-13-37(14-20-39)55-27-1-23-51-55)31-53-29-25-49-45(53)61-43(57)44(58)62-46-50-26-30-54(46)32-42(18-8-34-5-11-36(48)12-6-34)60-40-21-15-38(16-22-40)56-28-2-24-52-56/h1-6,9-16,19-30,41-42H,7-8,17-18,31-32H2. The largest absolute Gasteiger partial charge is 0.489 e. The number of esters is 2. The second-order valence-electron chi connectivity index (χ2n) is 14.2. The first-order valence-electron chi connectivity index (χ1n) is 19.8. The Morgan fingerprint density at radius 3 is 1.29 bits per heavy atom. The molecule has 2 atom stereocenters. The fraction of sp³-hybridized carbons (Fsp3) is 0.174. The van der Waals surface area contributed by atoms with E-state index in [1.807, 2.05) is 122 Å². The van der Waals surface area contributed by atoms with Gasteiger partial charge in [0.15, 0.2) is 0 Å². The number of imidazole rings is 2. The van der Waals surface area contributed by atoms with E-state index >= 15 is 0 Å². The minimum atomic E-state index is -1.27. The zero-order chi connectivity index (χ0) is 42.7. The number of halogens is 2. The van der Waals surface area contributed by atoms with Crippen molar-refractivity contribution in [2.45, 2.75) is 51.0 Å². The lowest BCUT2D eigenvalue weighted by Gasteiger charge is -2.21. The molecule has 0 aliphatic carbocycles. The molecule has 0 N–H and O–H groups in total. The number of ether oxygens (including phenoxy) is 4. The van der Waals surface area contributed by atoms with Crippen LogP contribution < -0.4 is 18.9 Å². The molecule has 2 unspecified atom stereocenters. The van der Waals surface area contributed by atoms with E-state index in [0.717, 1.165) is 22.5 Å². The van der Waals surface area contributed by atoms with Crippen LogP contribution in [0.25, 0.3) is 11.4 Å². The summed E-state index contributed by atoms with van der Waals surface area (Å²) in [5.41, 5.74) is 3.92. The molecule has 0 radical (unpaired) electrons. The zero-order valence-corrected chi connectivity index (χ0v) is 34.7. The van der Waals surface area contributed by atoms with Crippen molar-refractivity contribution in [3.05, 3.63) is 180 Å². The van der Waals surface area contributed by atoms with Gasteiger partial charge in [-0.3, -0.25) is 9.13 Å². The average Bonchev–Trinajstić information content (AvgIpc) is 4.15. The minimum absolute atomic E-state index is 0.0985. The number of aryl methyl sites for hydroxylation is 2. The third-order valence-electron chi connectivity index (χ3n) is 9.84. The highest BCUT2D eigenvalue weighted by atomic mass is 35.5. The minimum Gasteiger partial charge on any atom is -0.489 e. The lowest BCUT2D eigenvalue weighted by Crippen LogP contribution is -2.30. The van der Waals surface area contributed by atoms with Crippen LogP contribution in [0.5, 0.6) is 23.5 Å². The summed E-state index contributed by atoms with van der Waals surface area (Å²) in [5, 5.41) is 9.87. The molecule has 4 heterocycles.